The van der Waals surface area contributed by atoms with Gasteiger partial charge in [0.15, 0.2) is 0 Å². The van der Waals surface area contributed by atoms with Crippen LogP contribution in [0.3, 0.4) is 0 Å². The van der Waals surface area contributed by atoms with Crippen molar-refractivity contribution in [2.45, 2.75) is 40.2 Å². The van der Waals surface area contributed by atoms with Gasteiger partial charge in [-0.3, -0.25) is 0 Å². The van der Waals surface area contributed by atoms with Gasteiger partial charge in [-0.1, -0.05) is 51.4 Å². The highest BCUT2D eigenvalue weighted by molar-refractivity contribution is 6.31. The van der Waals surface area contributed by atoms with Crippen LogP contribution in [-0.2, 0) is 6.42 Å². The molecule has 1 aliphatic carbocycles. The summed E-state index contributed by atoms with van der Waals surface area (Å²) in [7, 11) is 0. The molecule has 1 unspecified atom stereocenters. The van der Waals surface area contributed by atoms with E-state index >= 15 is 0 Å². The lowest BCUT2D eigenvalue weighted by Gasteiger charge is -2.15. The average molecular weight is 270 g/mol. The van der Waals surface area contributed by atoms with E-state index in [-0.39, 0.29) is 27.7 Å². The van der Waals surface area contributed by atoms with Crippen LogP contribution in [0.5, 0.6) is 0 Å². The second kappa shape index (κ2) is 4.21. The van der Waals surface area contributed by atoms with Crippen LogP contribution in [-0.4, -0.2) is 6.04 Å². The van der Waals surface area contributed by atoms with Gasteiger partial charge in [-0.05, 0) is 34.8 Å². The molecule has 0 aromatic heterocycles. The Morgan fingerprint density at radius 3 is 2.33 bits per heavy atom. The zero-order valence-corrected chi connectivity index (χ0v) is 12.2. The van der Waals surface area contributed by atoms with Crippen molar-refractivity contribution < 1.29 is 4.39 Å². The number of rotatable bonds is 3. The quantitative estimate of drug-likeness (QED) is 0.881. The van der Waals surface area contributed by atoms with Gasteiger partial charge in [0.25, 0.3) is 0 Å². The third kappa shape index (κ3) is 1.96. The predicted molar refractivity (Wildman–Crippen MR) is 74.1 cm³/mol. The Morgan fingerprint density at radius 2 is 1.83 bits per heavy atom. The van der Waals surface area contributed by atoms with Crippen molar-refractivity contribution in [1.29, 1.82) is 0 Å². The van der Waals surface area contributed by atoms with Gasteiger partial charge in [-0.15, -0.1) is 0 Å². The van der Waals surface area contributed by atoms with Gasteiger partial charge < -0.3 is 5.73 Å². The standard InChI is InChI=1S/C15H21ClFN/c1-14(2)13(15(14,3)4)11(18)8-9-6-5-7-10(17)12(9)16/h5-7,11,13H,8,18H2,1-4H3. The van der Waals surface area contributed by atoms with Gasteiger partial charge in [0.1, 0.15) is 5.82 Å². The summed E-state index contributed by atoms with van der Waals surface area (Å²) in [4.78, 5) is 0. The van der Waals surface area contributed by atoms with Crippen LogP contribution < -0.4 is 5.73 Å². The molecule has 0 aliphatic heterocycles. The third-order valence-electron chi connectivity index (χ3n) is 5.05. The maximum Gasteiger partial charge on any atom is 0.142 e. The van der Waals surface area contributed by atoms with Crippen LogP contribution in [0, 0.1) is 22.6 Å². The fourth-order valence-electron chi connectivity index (χ4n) is 3.40. The molecule has 1 aliphatic rings. The fraction of sp³-hybridized carbons (Fsp3) is 0.600. The molecule has 1 fully saturated rings. The molecule has 0 saturated heterocycles. The molecule has 3 heteroatoms. The molecule has 100 valence electrons. The second-order valence-corrected chi connectivity index (χ2v) is 6.88. The van der Waals surface area contributed by atoms with E-state index < -0.39 is 0 Å². The zero-order valence-electron chi connectivity index (χ0n) is 11.4. The molecular formula is C15H21ClFN. The molecule has 1 atom stereocenters. The molecule has 0 heterocycles. The van der Waals surface area contributed by atoms with Crippen LogP contribution in [0.15, 0.2) is 18.2 Å². The maximum absolute atomic E-state index is 13.4. The summed E-state index contributed by atoms with van der Waals surface area (Å²) in [6.07, 6.45) is 0.633. The SMILES string of the molecule is CC1(C)C(C(N)Cc2cccc(F)c2Cl)C1(C)C. The molecule has 0 amide bonds. The predicted octanol–water partition coefficient (Wildman–Crippen LogP) is 4.03. The molecule has 2 N–H and O–H groups in total. The first kappa shape index (κ1) is 13.8. The van der Waals surface area contributed by atoms with Crippen molar-refractivity contribution >= 4 is 11.6 Å². The van der Waals surface area contributed by atoms with E-state index in [1.54, 1.807) is 6.07 Å². The first-order valence-corrected chi connectivity index (χ1v) is 6.76. The molecule has 18 heavy (non-hydrogen) atoms. The van der Waals surface area contributed by atoms with Gasteiger partial charge in [0.05, 0.1) is 5.02 Å². The van der Waals surface area contributed by atoms with Crippen molar-refractivity contribution in [3.05, 3.63) is 34.6 Å². The second-order valence-electron chi connectivity index (χ2n) is 6.50. The zero-order chi connectivity index (χ0) is 13.7. The normalized spacial score (nSPS) is 22.8. The smallest absolute Gasteiger partial charge is 0.142 e. The van der Waals surface area contributed by atoms with E-state index in [4.69, 9.17) is 17.3 Å². The van der Waals surface area contributed by atoms with E-state index in [0.717, 1.165) is 5.56 Å². The molecule has 2 rings (SSSR count). The van der Waals surface area contributed by atoms with E-state index in [1.165, 1.54) is 6.07 Å². The summed E-state index contributed by atoms with van der Waals surface area (Å²) in [5, 5.41) is 0.212. The Balaban J connectivity index is 2.14. The average Bonchev–Trinajstić information content (AvgIpc) is 2.65. The van der Waals surface area contributed by atoms with Crippen molar-refractivity contribution in [1.82, 2.24) is 0 Å². The van der Waals surface area contributed by atoms with E-state index in [0.29, 0.717) is 12.3 Å². The van der Waals surface area contributed by atoms with Crippen molar-refractivity contribution in [2.24, 2.45) is 22.5 Å². The topological polar surface area (TPSA) is 26.0 Å². The third-order valence-corrected chi connectivity index (χ3v) is 5.47. The summed E-state index contributed by atoms with van der Waals surface area (Å²) in [5.41, 5.74) is 7.59. The summed E-state index contributed by atoms with van der Waals surface area (Å²) in [5.74, 6) is 0.0834. The minimum absolute atomic E-state index is 0.0225. The van der Waals surface area contributed by atoms with Gasteiger partial charge in [0, 0.05) is 6.04 Å². The van der Waals surface area contributed by atoms with E-state index in [1.807, 2.05) is 6.07 Å². The number of benzene rings is 1. The number of nitrogens with two attached hydrogens (primary N) is 1. The highest BCUT2D eigenvalue weighted by Gasteiger charge is 2.66. The Kier molecular flexibility index (Phi) is 3.23. The highest BCUT2D eigenvalue weighted by atomic mass is 35.5. The molecule has 1 aromatic rings. The van der Waals surface area contributed by atoms with Crippen LogP contribution in [0.4, 0.5) is 4.39 Å². The van der Waals surface area contributed by atoms with Gasteiger partial charge in [-0.25, -0.2) is 4.39 Å². The maximum atomic E-state index is 13.4. The largest absolute Gasteiger partial charge is 0.327 e. The lowest BCUT2D eigenvalue weighted by Crippen LogP contribution is -2.28. The van der Waals surface area contributed by atoms with Crippen LogP contribution in [0.2, 0.25) is 5.02 Å². The van der Waals surface area contributed by atoms with Crippen molar-refractivity contribution in [3.8, 4) is 0 Å². The van der Waals surface area contributed by atoms with Crippen LogP contribution >= 0.6 is 11.6 Å². The van der Waals surface area contributed by atoms with Gasteiger partial charge >= 0.3 is 0 Å². The molecule has 1 aromatic carbocycles. The first-order chi connectivity index (χ1) is 8.19. The van der Waals surface area contributed by atoms with E-state index in [9.17, 15) is 4.39 Å². The molecule has 0 radical (unpaired) electrons. The Hall–Kier alpha value is -0.600. The van der Waals surface area contributed by atoms with E-state index in [2.05, 4.69) is 27.7 Å². The Morgan fingerprint density at radius 1 is 1.28 bits per heavy atom. The number of hydrogen-bond donors (Lipinski definition) is 1. The number of hydrogen-bond acceptors (Lipinski definition) is 1. The summed E-state index contributed by atoms with van der Waals surface area (Å²) in [6.45, 7) is 8.96. The Labute approximate surface area is 114 Å². The van der Waals surface area contributed by atoms with Crippen LogP contribution in [0.25, 0.3) is 0 Å². The fourth-order valence-corrected chi connectivity index (χ4v) is 3.60. The summed E-state index contributed by atoms with van der Waals surface area (Å²) < 4.78 is 13.4. The van der Waals surface area contributed by atoms with Crippen molar-refractivity contribution in [2.75, 3.05) is 0 Å². The monoisotopic (exact) mass is 269 g/mol. The molecule has 1 nitrogen and oxygen atoms in total. The summed E-state index contributed by atoms with van der Waals surface area (Å²) >= 11 is 5.97. The van der Waals surface area contributed by atoms with Gasteiger partial charge in [0.2, 0.25) is 0 Å². The van der Waals surface area contributed by atoms with Crippen LogP contribution in [0.1, 0.15) is 33.3 Å². The number of halogens is 2. The molecular weight excluding hydrogens is 249 g/mol. The first-order valence-electron chi connectivity index (χ1n) is 6.38. The highest BCUT2D eigenvalue weighted by Crippen LogP contribution is 2.69. The Bertz CT molecular complexity index is 454. The van der Waals surface area contributed by atoms with Crippen molar-refractivity contribution in [3.63, 3.8) is 0 Å². The minimum atomic E-state index is -0.365. The lowest BCUT2D eigenvalue weighted by molar-refractivity contribution is 0.457. The minimum Gasteiger partial charge on any atom is -0.327 e. The molecule has 0 bridgehead atoms. The molecule has 0 spiro atoms. The van der Waals surface area contributed by atoms with Gasteiger partial charge in [-0.2, -0.15) is 0 Å². The molecule has 1 saturated carbocycles. The summed E-state index contributed by atoms with van der Waals surface area (Å²) in [6, 6.07) is 4.94. The lowest BCUT2D eigenvalue weighted by atomic mass is 9.97.